The number of ether oxygens (including phenoxy) is 1. The van der Waals surface area contributed by atoms with Gasteiger partial charge in [-0.15, -0.1) is 0 Å². The van der Waals surface area contributed by atoms with Crippen LogP contribution in [0.25, 0.3) is 16.9 Å². The molecule has 0 atom stereocenters. The summed E-state index contributed by atoms with van der Waals surface area (Å²) in [5.41, 5.74) is 2.09. The molecule has 4 aromatic rings. The quantitative estimate of drug-likeness (QED) is 0.380. The van der Waals surface area contributed by atoms with Crippen LogP contribution in [0.1, 0.15) is 11.3 Å². The fraction of sp³-hybridized carbons (Fsp3) is 0.0952. The Hall–Kier alpha value is -3.90. The van der Waals surface area contributed by atoms with Gasteiger partial charge in [0.1, 0.15) is 17.4 Å². The third-order valence-electron chi connectivity index (χ3n) is 4.26. The molecule has 0 amide bonds. The zero-order valence-corrected chi connectivity index (χ0v) is 16.8. The van der Waals surface area contributed by atoms with Crippen LogP contribution in [0.2, 0.25) is 0 Å². The Kier molecular flexibility index (Phi) is 5.59. The first-order valence-corrected chi connectivity index (χ1v) is 9.95. The predicted molar refractivity (Wildman–Crippen MR) is 112 cm³/mol. The average molecular weight is 416 g/mol. The van der Waals surface area contributed by atoms with Gasteiger partial charge in [0.2, 0.25) is 0 Å². The number of aromatic amines is 1. The molecule has 2 heterocycles. The van der Waals surface area contributed by atoms with Gasteiger partial charge in [-0.3, -0.25) is 4.79 Å². The van der Waals surface area contributed by atoms with E-state index in [9.17, 15) is 10.1 Å². The van der Waals surface area contributed by atoms with Crippen LogP contribution in [0.5, 0.6) is 5.75 Å². The van der Waals surface area contributed by atoms with E-state index in [-0.39, 0.29) is 5.56 Å². The number of nitrogens with one attached hydrogen (secondary N) is 1. The van der Waals surface area contributed by atoms with E-state index in [0.717, 1.165) is 11.4 Å². The Labute approximate surface area is 176 Å². The Morgan fingerprint density at radius 1 is 1.17 bits per heavy atom. The highest BCUT2D eigenvalue weighted by Gasteiger charge is 2.14. The molecule has 0 spiro atoms. The lowest BCUT2D eigenvalue weighted by atomic mass is 10.1. The van der Waals surface area contributed by atoms with Crippen molar-refractivity contribution in [2.75, 3.05) is 7.11 Å². The zero-order valence-electron chi connectivity index (χ0n) is 15.9. The maximum atomic E-state index is 12.4. The standard InChI is InChI=1S/C21H16N6O2S/c1-29-17-9-7-14(8-10-17)19-18(11-22)20(28)25-21(24-19)30-13-15-12-23-27(26-15)16-5-3-2-4-6-16/h2-10,12H,13H2,1H3,(H,24,25,28). The molecule has 0 saturated carbocycles. The monoisotopic (exact) mass is 416 g/mol. The van der Waals surface area contributed by atoms with E-state index in [1.807, 2.05) is 36.4 Å². The number of nitriles is 1. The van der Waals surface area contributed by atoms with E-state index in [2.05, 4.69) is 20.2 Å². The molecule has 1 N–H and O–H groups in total. The molecular formula is C21H16N6O2S. The fourth-order valence-corrected chi connectivity index (χ4v) is 3.51. The second kappa shape index (κ2) is 8.63. The molecule has 8 nitrogen and oxygen atoms in total. The van der Waals surface area contributed by atoms with Gasteiger partial charge in [-0.1, -0.05) is 30.0 Å². The smallest absolute Gasteiger partial charge is 0.270 e. The first-order valence-electron chi connectivity index (χ1n) is 8.96. The molecule has 30 heavy (non-hydrogen) atoms. The van der Waals surface area contributed by atoms with Crippen molar-refractivity contribution in [1.82, 2.24) is 25.0 Å². The molecule has 0 bridgehead atoms. The lowest BCUT2D eigenvalue weighted by molar-refractivity contribution is 0.415. The Morgan fingerprint density at radius 3 is 2.63 bits per heavy atom. The maximum absolute atomic E-state index is 12.4. The lowest BCUT2D eigenvalue weighted by Crippen LogP contribution is -2.14. The molecule has 0 fully saturated rings. The van der Waals surface area contributed by atoms with Crippen LogP contribution in [0.15, 0.2) is 70.7 Å². The first kappa shape index (κ1) is 19.4. The van der Waals surface area contributed by atoms with Crippen molar-refractivity contribution in [3.8, 4) is 28.8 Å². The summed E-state index contributed by atoms with van der Waals surface area (Å²) in [6.45, 7) is 0. The van der Waals surface area contributed by atoms with Crippen molar-refractivity contribution in [3.63, 3.8) is 0 Å². The van der Waals surface area contributed by atoms with Crippen LogP contribution >= 0.6 is 11.8 Å². The summed E-state index contributed by atoms with van der Waals surface area (Å²) >= 11 is 1.32. The molecule has 0 aliphatic rings. The molecule has 2 aromatic heterocycles. The van der Waals surface area contributed by atoms with Crippen LogP contribution in [0.4, 0.5) is 0 Å². The van der Waals surface area contributed by atoms with Crippen molar-refractivity contribution < 1.29 is 4.74 Å². The molecule has 0 radical (unpaired) electrons. The van der Waals surface area contributed by atoms with Crippen LogP contribution in [0, 0.1) is 11.3 Å². The van der Waals surface area contributed by atoms with Gasteiger partial charge >= 0.3 is 0 Å². The van der Waals surface area contributed by atoms with Crippen molar-refractivity contribution in [3.05, 3.63) is 82.4 Å². The number of nitrogens with zero attached hydrogens (tertiary/aromatic N) is 5. The molecule has 9 heteroatoms. The van der Waals surface area contributed by atoms with E-state index in [1.54, 1.807) is 42.4 Å². The highest BCUT2D eigenvalue weighted by molar-refractivity contribution is 7.98. The average Bonchev–Trinajstić information content (AvgIpc) is 3.27. The topological polar surface area (TPSA) is 109 Å². The lowest BCUT2D eigenvalue weighted by Gasteiger charge is -2.07. The first-order chi connectivity index (χ1) is 14.7. The molecule has 0 unspecified atom stereocenters. The molecular weight excluding hydrogens is 400 g/mol. The van der Waals surface area contributed by atoms with Crippen LogP contribution in [-0.4, -0.2) is 32.1 Å². The zero-order chi connectivity index (χ0) is 20.9. The number of H-pyrrole nitrogens is 1. The molecule has 0 saturated heterocycles. The Bertz CT molecular complexity index is 1260. The van der Waals surface area contributed by atoms with Gasteiger partial charge in [-0.2, -0.15) is 20.3 Å². The minimum Gasteiger partial charge on any atom is -0.497 e. The van der Waals surface area contributed by atoms with Gasteiger partial charge in [0.15, 0.2) is 5.16 Å². The number of aromatic nitrogens is 5. The van der Waals surface area contributed by atoms with Crippen molar-refractivity contribution in [2.45, 2.75) is 10.9 Å². The van der Waals surface area contributed by atoms with Gasteiger partial charge in [0.25, 0.3) is 5.56 Å². The molecule has 148 valence electrons. The number of methoxy groups -OCH3 is 1. The van der Waals surface area contributed by atoms with Crippen LogP contribution in [-0.2, 0) is 5.75 Å². The Morgan fingerprint density at radius 2 is 1.93 bits per heavy atom. The summed E-state index contributed by atoms with van der Waals surface area (Å²) in [7, 11) is 1.57. The minimum absolute atomic E-state index is 0.0282. The number of hydrogen-bond acceptors (Lipinski definition) is 7. The van der Waals surface area contributed by atoms with E-state index < -0.39 is 5.56 Å². The number of para-hydroxylation sites is 1. The SMILES string of the molecule is COc1ccc(-c2nc(SCc3cnn(-c4ccccc4)n3)[nH]c(=O)c2C#N)cc1. The van der Waals surface area contributed by atoms with Crippen molar-refractivity contribution in [2.24, 2.45) is 0 Å². The summed E-state index contributed by atoms with van der Waals surface area (Å²) in [6.07, 6.45) is 1.67. The highest BCUT2D eigenvalue weighted by atomic mass is 32.2. The maximum Gasteiger partial charge on any atom is 0.270 e. The van der Waals surface area contributed by atoms with Gasteiger partial charge in [-0.05, 0) is 36.4 Å². The summed E-state index contributed by atoms with van der Waals surface area (Å²) in [5.74, 6) is 1.14. The number of thioether (sulfide) groups is 1. The Balaban J connectivity index is 1.58. The summed E-state index contributed by atoms with van der Waals surface area (Å²) < 4.78 is 5.16. The normalized spacial score (nSPS) is 10.5. The van der Waals surface area contributed by atoms with Crippen molar-refractivity contribution in [1.29, 1.82) is 5.26 Å². The van der Waals surface area contributed by atoms with Crippen molar-refractivity contribution >= 4 is 11.8 Å². The second-order valence-corrected chi connectivity index (χ2v) is 7.15. The van der Waals surface area contributed by atoms with Gasteiger partial charge in [0, 0.05) is 11.3 Å². The highest BCUT2D eigenvalue weighted by Crippen LogP contribution is 2.25. The number of benzene rings is 2. The summed E-state index contributed by atoms with van der Waals surface area (Å²) in [5, 5.41) is 18.5. The van der Waals surface area contributed by atoms with E-state index in [0.29, 0.717) is 27.9 Å². The fourth-order valence-electron chi connectivity index (χ4n) is 2.77. The van der Waals surface area contributed by atoms with Crippen LogP contribution in [0.3, 0.4) is 0 Å². The third-order valence-corrected chi connectivity index (χ3v) is 5.16. The molecule has 4 rings (SSSR count). The third kappa shape index (κ3) is 4.09. The predicted octanol–water partition coefficient (Wildman–Crippen LogP) is 3.19. The van der Waals surface area contributed by atoms with Crippen LogP contribution < -0.4 is 10.3 Å². The molecule has 0 aliphatic heterocycles. The van der Waals surface area contributed by atoms with Gasteiger partial charge in [-0.25, -0.2) is 4.98 Å². The summed E-state index contributed by atoms with van der Waals surface area (Å²) in [6, 6.07) is 18.6. The summed E-state index contributed by atoms with van der Waals surface area (Å²) in [4.78, 5) is 21.1. The second-order valence-electron chi connectivity index (χ2n) is 6.18. The largest absolute Gasteiger partial charge is 0.497 e. The van der Waals surface area contributed by atoms with Gasteiger partial charge < -0.3 is 9.72 Å². The van der Waals surface area contributed by atoms with Gasteiger partial charge in [0.05, 0.1) is 30.4 Å². The van der Waals surface area contributed by atoms with E-state index in [4.69, 9.17) is 4.74 Å². The van der Waals surface area contributed by atoms with E-state index >= 15 is 0 Å². The number of hydrogen-bond donors (Lipinski definition) is 1. The molecule has 0 aliphatic carbocycles. The number of rotatable bonds is 6. The minimum atomic E-state index is -0.478. The van der Waals surface area contributed by atoms with E-state index in [1.165, 1.54) is 11.8 Å². The molecule has 2 aromatic carbocycles.